The molecule has 1 aliphatic rings. The minimum atomic E-state index is -0.355. The molecule has 5 rings (SSSR count). The molecule has 162 valence electrons. The number of nitrogens with zero attached hydrogens (tertiary/aromatic N) is 2. The Bertz CT molecular complexity index is 1370. The molecule has 0 spiro atoms. The maximum absolute atomic E-state index is 13.4. The molecule has 0 radical (unpaired) electrons. The molecule has 1 N–H and O–H groups in total. The van der Waals surface area contributed by atoms with E-state index in [1.807, 2.05) is 84.9 Å². The summed E-state index contributed by atoms with van der Waals surface area (Å²) in [4.78, 5) is 33.2. The first kappa shape index (κ1) is 21.5. The van der Waals surface area contributed by atoms with Gasteiger partial charge in [0.2, 0.25) is 0 Å². The molecule has 0 bridgehead atoms. The predicted octanol–water partition coefficient (Wildman–Crippen LogP) is 5.80. The monoisotopic (exact) mass is 487 g/mol. The average molecular weight is 488 g/mol. The second-order valence-electron chi connectivity index (χ2n) is 7.26. The second-order valence-corrected chi connectivity index (χ2v) is 9.93. The van der Waals surface area contributed by atoms with Crippen LogP contribution in [0.5, 0.6) is 0 Å². The molecule has 0 unspecified atom stereocenters. The Morgan fingerprint density at radius 2 is 1.61 bits per heavy atom. The number of amides is 2. The molecular formula is C25H17N3O2S3. The van der Waals surface area contributed by atoms with Crippen LogP contribution in [0.4, 0.5) is 10.8 Å². The maximum Gasteiger partial charge on any atom is 0.271 e. The zero-order valence-electron chi connectivity index (χ0n) is 17.2. The van der Waals surface area contributed by atoms with Gasteiger partial charge in [0.15, 0.2) is 9.45 Å². The molecular weight excluding hydrogens is 470 g/mol. The van der Waals surface area contributed by atoms with E-state index in [1.54, 1.807) is 0 Å². The van der Waals surface area contributed by atoms with E-state index >= 15 is 0 Å². The number of benzene rings is 3. The first-order chi connectivity index (χ1) is 16.1. The number of hydrogen-bond donors (Lipinski definition) is 1. The van der Waals surface area contributed by atoms with Gasteiger partial charge in [-0.2, -0.15) is 0 Å². The highest BCUT2D eigenvalue weighted by Crippen LogP contribution is 2.38. The number of carbonyl (C=O) groups is 2. The number of thiazole rings is 1. The fourth-order valence-corrected chi connectivity index (χ4v) is 5.73. The van der Waals surface area contributed by atoms with Crippen LogP contribution in [-0.2, 0) is 16.0 Å². The van der Waals surface area contributed by atoms with Crippen LogP contribution < -0.4 is 10.2 Å². The zero-order valence-corrected chi connectivity index (χ0v) is 19.7. The molecule has 3 aromatic carbocycles. The Labute approximate surface area is 204 Å². The number of carbonyl (C=O) groups excluding carboxylic acids is 2. The molecule has 5 nitrogen and oxygen atoms in total. The van der Waals surface area contributed by atoms with E-state index < -0.39 is 0 Å². The van der Waals surface area contributed by atoms with Gasteiger partial charge in [-0.3, -0.25) is 19.8 Å². The van der Waals surface area contributed by atoms with Gasteiger partial charge in [0.05, 0.1) is 20.8 Å². The highest BCUT2D eigenvalue weighted by Gasteiger charge is 2.37. The van der Waals surface area contributed by atoms with Crippen LogP contribution >= 0.6 is 35.3 Å². The van der Waals surface area contributed by atoms with E-state index in [1.165, 1.54) is 16.2 Å². The van der Waals surface area contributed by atoms with E-state index in [2.05, 4.69) is 10.3 Å². The summed E-state index contributed by atoms with van der Waals surface area (Å²) >= 11 is 8.07. The molecule has 4 aromatic rings. The summed E-state index contributed by atoms with van der Waals surface area (Å²) in [6.45, 7) is 0. The van der Waals surface area contributed by atoms with Gasteiger partial charge in [-0.05, 0) is 29.8 Å². The summed E-state index contributed by atoms with van der Waals surface area (Å²) in [5, 5.41) is 3.39. The highest BCUT2D eigenvalue weighted by atomic mass is 32.2. The minimum Gasteiger partial charge on any atom is -0.298 e. The number of thiocarbonyl (C=S) groups is 1. The summed E-state index contributed by atoms with van der Waals surface area (Å²) in [5.41, 5.74) is 2.80. The lowest BCUT2D eigenvalue weighted by Crippen LogP contribution is -2.28. The van der Waals surface area contributed by atoms with Crippen molar-refractivity contribution in [2.24, 2.45) is 0 Å². The molecule has 1 saturated heterocycles. The number of hydrogen-bond acceptors (Lipinski definition) is 6. The first-order valence-electron chi connectivity index (χ1n) is 10.2. The highest BCUT2D eigenvalue weighted by molar-refractivity contribution is 8.27. The number of anilines is 2. The molecule has 1 aromatic heterocycles. The number of thioether (sulfide) groups is 1. The molecule has 0 saturated carbocycles. The van der Waals surface area contributed by atoms with Crippen LogP contribution in [0.2, 0.25) is 0 Å². The van der Waals surface area contributed by atoms with Gasteiger partial charge in [-0.15, -0.1) is 0 Å². The van der Waals surface area contributed by atoms with Crippen LogP contribution in [0.15, 0.2) is 95.4 Å². The van der Waals surface area contributed by atoms with E-state index in [9.17, 15) is 9.59 Å². The van der Waals surface area contributed by atoms with Crippen LogP contribution in [0.1, 0.15) is 5.56 Å². The van der Waals surface area contributed by atoms with Gasteiger partial charge in [-0.1, -0.05) is 96.0 Å². The fourth-order valence-electron chi connectivity index (χ4n) is 3.51. The molecule has 0 aliphatic carbocycles. The summed E-state index contributed by atoms with van der Waals surface area (Å²) in [6.07, 6.45) is 0.302. The lowest BCUT2D eigenvalue weighted by molar-refractivity contribution is -0.115. The summed E-state index contributed by atoms with van der Waals surface area (Å²) in [6, 6.07) is 26.5. The Kier molecular flexibility index (Phi) is 6.04. The number of fused-ring (bicyclic) bond motifs is 1. The zero-order chi connectivity index (χ0) is 22.8. The lowest BCUT2D eigenvalue weighted by atomic mass is 10.0. The molecule has 2 amide bonds. The molecule has 2 heterocycles. The standard InChI is InChI=1S/C25H17N3O2S3/c29-22(27-24-26-19-13-7-8-14-20(19)32-24)18(15-16-9-3-1-4-10-16)21-23(30)28(25(31)33-21)17-11-5-2-6-12-17/h1-14H,15H2,(H,26,27,29)/b21-18+. The summed E-state index contributed by atoms with van der Waals surface area (Å²) in [7, 11) is 0. The molecule has 0 atom stereocenters. The first-order valence-corrected chi connectivity index (χ1v) is 12.2. The van der Waals surface area contributed by atoms with Gasteiger partial charge in [0, 0.05) is 12.0 Å². The lowest BCUT2D eigenvalue weighted by Gasteiger charge is -2.14. The van der Waals surface area contributed by atoms with E-state index in [0.29, 0.717) is 32.0 Å². The van der Waals surface area contributed by atoms with Crippen LogP contribution in [0.25, 0.3) is 10.2 Å². The van der Waals surface area contributed by atoms with E-state index in [0.717, 1.165) is 27.5 Å². The quantitative estimate of drug-likeness (QED) is 0.285. The van der Waals surface area contributed by atoms with Crippen molar-refractivity contribution in [3.63, 3.8) is 0 Å². The SMILES string of the molecule is O=C(Nc1nc2ccccc2s1)/C(Cc1ccccc1)=C1/SC(=S)N(c2ccccc2)C1=O. The van der Waals surface area contributed by atoms with Crippen LogP contribution in [0.3, 0.4) is 0 Å². The van der Waals surface area contributed by atoms with E-state index in [4.69, 9.17) is 12.2 Å². The van der Waals surface area contributed by atoms with Gasteiger partial charge in [0.25, 0.3) is 11.8 Å². The minimum absolute atomic E-state index is 0.290. The third kappa shape index (κ3) is 4.45. The van der Waals surface area contributed by atoms with Crippen LogP contribution in [-0.4, -0.2) is 21.1 Å². The largest absolute Gasteiger partial charge is 0.298 e. The topological polar surface area (TPSA) is 62.3 Å². The normalized spacial score (nSPS) is 15.2. The van der Waals surface area contributed by atoms with Crippen molar-refractivity contribution in [2.45, 2.75) is 6.42 Å². The van der Waals surface area contributed by atoms with Crippen molar-refractivity contribution in [3.8, 4) is 0 Å². The number of aromatic nitrogens is 1. The van der Waals surface area contributed by atoms with Crippen molar-refractivity contribution >= 4 is 72.5 Å². The van der Waals surface area contributed by atoms with Gasteiger partial charge in [0.1, 0.15) is 0 Å². The molecule has 33 heavy (non-hydrogen) atoms. The number of para-hydroxylation sites is 2. The van der Waals surface area contributed by atoms with Crippen molar-refractivity contribution < 1.29 is 9.59 Å². The van der Waals surface area contributed by atoms with Crippen molar-refractivity contribution in [2.75, 3.05) is 10.2 Å². The summed E-state index contributed by atoms with van der Waals surface area (Å²) in [5.74, 6) is -0.645. The Morgan fingerprint density at radius 3 is 2.33 bits per heavy atom. The fraction of sp³-hybridized carbons (Fsp3) is 0.0400. The summed E-state index contributed by atoms with van der Waals surface area (Å²) < 4.78 is 1.38. The molecule has 1 fully saturated rings. The van der Waals surface area contributed by atoms with Crippen molar-refractivity contribution in [1.82, 2.24) is 4.98 Å². The smallest absolute Gasteiger partial charge is 0.271 e. The third-order valence-electron chi connectivity index (χ3n) is 5.07. The molecule has 1 aliphatic heterocycles. The molecule has 8 heteroatoms. The Hall–Kier alpha value is -3.33. The van der Waals surface area contributed by atoms with Crippen molar-refractivity contribution in [3.05, 3.63) is 101 Å². The third-order valence-corrected chi connectivity index (χ3v) is 7.44. The number of rotatable bonds is 5. The van der Waals surface area contributed by atoms with Crippen molar-refractivity contribution in [1.29, 1.82) is 0 Å². The maximum atomic E-state index is 13.4. The predicted molar refractivity (Wildman–Crippen MR) is 140 cm³/mol. The van der Waals surface area contributed by atoms with E-state index in [-0.39, 0.29) is 11.8 Å². The number of nitrogens with one attached hydrogen (secondary N) is 1. The Morgan fingerprint density at radius 1 is 0.939 bits per heavy atom. The van der Waals surface area contributed by atoms with Gasteiger partial charge in [-0.25, -0.2) is 4.98 Å². The van der Waals surface area contributed by atoms with Gasteiger partial charge < -0.3 is 0 Å². The Balaban J connectivity index is 1.52. The average Bonchev–Trinajstić information content (AvgIpc) is 3.37. The van der Waals surface area contributed by atoms with Crippen LogP contribution in [0, 0.1) is 0 Å². The van der Waals surface area contributed by atoms with Gasteiger partial charge >= 0.3 is 0 Å². The second kappa shape index (κ2) is 9.27.